The lowest BCUT2D eigenvalue weighted by atomic mass is 9.91. The summed E-state index contributed by atoms with van der Waals surface area (Å²) in [6.07, 6.45) is 2.60. The molecule has 0 atom stereocenters. The second kappa shape index (κ2) is 9.19. The number of fused-ring (bicyclic) bond motifs is 1. The average Bonchev–Trinajstić information content (AvgIpc) is 2.82. The van der Waals surface area contributed by atoms with Gasteiger partial charge in [-0.1, -0.05) is 24.3 Å². The van der Waals surface area contributed by atoms with Crippen molar-refractivity contribution in [3.8, 4) is 0 Å². The van der Waals surface area contributed by atoms with E-state index in [1.165, 1.54) is 30.3 Å². The number of hydrogen-bond donors (Lipinski definition) is 1. The normalized spacial score (nSPS) is 16.5. The number of piperidine rings is 1. The van der Waals surface area contributed by atoms with Gasteiger partial charge >= 0.3 is 5.97 Å². The van der Waals surface area contributed by atoms with Gasteiger partial charge in [-0.2, -0.15) is 0 Å². The van der Waals surface area contributed by atoms with E-state index in [1.807, 2.05) is 0 Å². The molecule has 0 unspecified atom stereocenters. The molecule has 8 nitrogen and oxygen atoms in total. The van der Waals surface area contributed by atoms with Crippen LogP contribution >= 0.6 is 0 Å². The Morgan fingerprint density at radius 1 is 0.939 bits per heavy atom. The van der Waals surface area contributed by atoms with Gasteiger partial charge in [0.2, 0.25) is 11.6 Å². The van der Waals surface area contributed by atoms with Gasteiger partial charge in [0, 0.05) is 29.9 Å². The molecule has 1 fully saturated rings. The zero-order valence-corrected chi connectivity index (χ0v) is 19.0. The van der Waals surface area contributed by atoms with Gasteiger partial charge in [-0.05, 0) is 50.5 Å². The number of sulfonamides is 1. The quantitative estimate of drug-likeness (QED) is 0.647. The number of hydrogen-bond acceptors (Lipinski definition) is 7. The smallest absolute Gasteiger partial charge is 0.338 e. The van der Waals surface area contributed by atoms with Gasteiger partial charge in [0.05, 0.1) is 12.2 Å². The number of ether oxygens (including phenoxy) is 1. The Hall–Kier alpha value is -3.46. The fourth-order valence-corrected chi connectivity index (χ4v) is 5.47. The van der Waals surface area contributed by atoms with Gasteiger partial charge in [0.15, 0.2) is 4.91 Å². The molecule has 0 amide bonds. The van der Waals surface area contributed by atoms with Crippen LogP contribution in [-0.4, -0.2) is 50.5 Å². The predicted molar refractivity (Wildman–Crippen MR) is 122 cm³/mol. The van der Waals surface area contributed by atoms with Crippen molar-refractivity contribution in [2.24, 2.45) is 0 Å². The van der Waals surface area contributed by atoms with Crippen molar-refractivity contribution in [3.05, 3.63) is 75.8 Å². The average molecular weight is 469 g/mol. The summed E-state index contributed by atoms with van der Waals surface area (Å²) in [6.45, 7) is 2.92. The molecule has 172 valence electrons. The molecule has 1 saturated heterocycles. The van der Waals surface area contributed by atoms with Crippen molar-refractivity contribution in [1.82, 2.24) is 4.90 Å². The summed E-state index contributed by atoms with van der Waals surface area (Å²) in [6, 6.07) is 11.9. The Labute approximate surface area is 192 Å². The summed E-state index contributed by atoms with van der Waals surface area (Å²) < 4.78 is 34.2. The van der Waals surface area contributed by atoms with E-state index in [4.69, 9.17) is 4.74 Å². The van der Waals surface area contributed by atoms with Crippen LogP contribution in [0.5, 0.6) is 0 Å². The number of ketones is 2. The molecule has 2 aromatic carbocycles. The fourth-order valence-electron chi connectivity index (χ4n) is 4.09. The lowest BCUT2D eigenvalue weighted by Gasteiger charge is -2.33. The van der Waals surface area contributed by atoms with E-state index in [9.17, 15) is 22.8 Å². The highest BCUT2D eigenvalue weighted by atomic mass is 32.2. The summed E-state index contributed by atoms with van der Waals surface area (Å²) in [7, 11) is -4.40. The molecular weight excluding hydrogens is 444 g/mol. The summed E-state index contributed by atoms with van der Waals surface area (Å²) in [5.74, 6) is -1.70. The van der Waals surface area contributed by atoms with Crippen LogP contribution in [0.4, 0.5) is 5.69 Å². The lowest BCUT2D eigenvalue weighted by molar-refractivity contribution is 0.0526. The van der Waals surface area contributed by atoms with E-state index < -0.39 is 32.5 Å². The number of benzene rings is 2. The summed E-state index contributed by atoms with van der Waals surface area (Å²) in [5.41, 5.74) is 0.634. The monoisotopic (exact) mass is 468 g/mol. The number of rotatable bonds is 6. The Kier molecular flexibility index (Phi) is 6.33. The molecule has 0 radical (unpaired) electrons. The Morgan fingerprint density at radius 2 is 1.55 bits per heavy atom. The third kappa shape index (κ3) is 4.41. The van der Waals surface area contributed by atoms with Gasteiger partial charge in [-0.3, -0.25) is 14.3 Å². The number of allylic oxidation sites excluding steroid dienone is 2. The van der Waals surface area contributed by atoms with Gasteiger partial charge in [-0.25, -0.2) is 13.2 Å². The highest BCUT2D eigenvalue weighted by Crippen LogP contribution is 2.33. The molecule has 9 heteroatoms. The molecule has 0 bridgehead atoms. The second-order valence-corrected chi connectivity index (χ2v) is 9.45. The number of anilines is 1. The zero-order chi connectivity index (χ0) is 23.6. The largest absolute Gasteiger partial charge is 0.462 e. The Balaban J connectivity index is 1.74. The number of likely N-dealkylation sites (tertiary alicyclic amines) is 1. The molecular formula is C24H24N2O6S. The van der Waals surface area contributed by atoms with E-state index in [1.54, 1.807) is 30.0 Å². The number of nitrogens with one attached hydrogen (secondary N) is 1. The maximum absolute atomic E-state index is 13.4. The van der Waals surface area contributed by atoms with Gasteiger partial charge in [0.1, 0.15) is 5.70 Å². The number of esters is 1. The van der Waals surface area contributed by atoms with Crippen LogP contribution in [-0.2, 0) is 14.8 Å². The Morgan fingerprint density at radius 3 is 2.15 bits per heavy atom. The van der Waals surface area contributed by atoms with E-state index in [-0.39, 0.29) is 34.7 Å². The third-order valence-corrected chi connectivity index (χ3v) is 7.06. The third-order valence-electron chi connectivity index (χ3n) is 5.64. The van der Waals surface area contributed by atoms with Crippen LogP contribution in [0.25, 0.3) is 0 Å². The van der Waals surface area contributed by atoms with Crippen molar-refractivity contribution in [1.29, 1.82) is 0 Å². The minimum absolute atomic E-state index is 0.0706. The minimum atomic E-state index is -4.40. The van der Waals surface area contributed by atoms with Crippen LogP contribution in [0.1, 0.15) is 57.3 Å². The van der Waals surface area contributed by atoms with E-state index in [0.29, 0.717) is 13.1 Å². The van der Waals surface area contributed by atoms with Gasteiger partial charge in [0.25, 0.3) is 10.0 Å². The van der Waals surface area contributed by atoms with E-state index >= 15 is 0 Å². The summed E-state index contributed by atoms with van der Waals surface area (Å²) in [4.78, 5) is 39.7. The van der Waals surface area contributed by atoms with Crippen molar-refractivity contribution in [2.45, 2.75) is 26.2 Å². The SMILES string of the molecule is CCOC(=O)c1ccc(NS(=O)(=O)C2=C(N3CCCCC3)C(=O)c3ccccc3C2=O)cc1. The first-order chi connectivity index (χ1) is 15.8. The van der Waals surface area contributed by atoms with Gasteiger partial charge in [-0.15, -0.1) is 0 Å². The summed E-state index contributed by atoms with van der Waals surface area (Å²) in [5, 5.41) is 0. The molecule has 4 rings (SSSR count). The van der Waals surface area contributed by atoms with Crippen molar-refractivity contribution in [2.75, 3.05) is 24.4 Å². The topological polar surface area (TPSA) is 110 Å². The number of carbonyl (C=O) groups excluding carboxylic acids is 3. The first kappa shape index (κ1) is 22.7. The van der Waals surface area contributed by atoms with Crippen LogP contribution in [0.2, 0.25) is 0 Å². The van der Waals surface area contributed by atoms with Crippen molar-refractivity contribution < 1.29 is 27.5 Å². The molecule has 1 aliphatic heterocycles. The predicted octanol–water partition coefficient (Wildman–Crippen LogP) is 3.38. The van der Waals surface area contributed by atoms with E-state index in [0.717, 1.165) is 19.3 Å². The second-order valence-electron chi connectivity index (χ2n) is 7.83. The summed E-state index contributed by atoms with van der Waals surface area (Å²) >= 11 is 0. The van der Waals surface area contributed by atoms with E-state index in [2.05, 4.69) is 4.72 Å². The lowest BCUT2D eigenvalue weighted by Crippen LogP contribution is -2.40. The van der Waals surface area contributed by atoms with Crippen LogP contribution in [0.15, 0.2) is 59.1 Å². The fraction of sp³-hybridized carbons (Fsp3) is 0.292. The highest BCUT2D eigenvalue weighted by molar-refractivity contribution is 7.97. The molecule has 33 heavy (non-hydrogen) atoms. The molecule has 0 saturated carbocycles. The first-order valence-electron chi connectivity index (χ1n) is 10.8. The Bertz CT molecular complexity index is 1240. The maximum atomic E-state index is 13.4. The number of nitrogens with zero attached hydrogens (tertiary/aromatic N) is 1. The van der Waals surface area contributed by atoms with Crippen LogP contribution in [0.3, 0.4) is 0 Å². The first-order valence-corrected chi connectivity index (χ1v) is 12.3. The molecule has 1 aliphatic carbocycles. The van der Waals surface area contributed by atoms with Gasteiger partial charge < -0.3 is 9.64 Å². The molecule has 1 heterocycles. The van der Waals surface area contributed by atoms with Crippen molar-refractivity contribution >= 4 is 33.2 Å². The van der Waals surface area contributed by atoms with Crippen LogP contribution in [0, 0.1) is 0 Å². The van der Waals surface area contributed by atoms with Crippen LogP contribution < -0.4 is 4.72 Å². The highest BCUT2D eigenvalue weighted by Gasteiger charge is 2.41. The zero-order valence-electron chi connectivity index (χ0n) is 18.2. The minimum Gasteiger partial charge on any atom is -0.462 e. The number of Topliss-reactive ketones (excluding diaryl/α,β-unsaturated/α-hetero) is 2. The number of carbonyl (C=O) groups is 3. The molecule has 1 N–H and O–H groups in total. The molecule has 0 aromatic heterocycles. The molecule has 2 aromatic rings. The molecule has 0 spiro atoms. The molecule has 2 aliphatic rings. The van der Waals surface area contributed by atoms with Crippen molar-refractivity contribution in [3.63, 3.8) is 0 Å². The maximum Gasteiger partial charge on any atom is 0.338 e. The standard InChI is InChI=1S/C24H24N2O6S/c1-2-32-24(29)16-10-12-17(13-11-16)25-33(30,31)23-20(26-14-6-3-7-15-26)21(27)18-8-4-5-9-19(18)22(23)28/h4-5,8-13,25H,2-3,6-7,14-15H2,1H3.